The van der Waals surface area contributed by atoms with Crippen molar-refractivity contribution in [3.8, 4) is 0 Å². The molecular formula is C5H10S3. The van der Waals surface area contributed by atoms with E-state index in [0.717, 1.165) is 9.16 Å². The minimum absolute atomic E-state index is 0.824. The molecular weight excluding hydrogens is 156 g/mol. The molecule has 0 amide bonds. The maximum Gasteiger partial charge on any atom is 0.0615 e. The average molecular weight is 166 g/mol. The van der Waals surface area contributed by atoms with Gasteiger partial charge in [0.25, 0.3) is 0 Å². The molecule has 1 aliphatic heterocycles. The molecule has 0 nitrogen and oxygen atoms in total. The molecule has 0 aliphatic carbocycles. The number of hydrogen-bond donors (Lipinski definition) is 0. The van der Waals surface area contributed by atoms with Crippen molar-refractivity contribution in [1.82, 2.24) is 0 Å². The van der Waals surface area contributed by atoms with Crippen molar-refractivity contribution in [3.05, 3.63) is 0 Å². The Morgan fingerprint density at radius 1 is 1.38 bits per heavy atom. The van der Waals surface area contributed by atoms with Gasteiger partial charge in [0.1, 0.15) is 0 Å². The summed E-state index contributed by atoms with van der Waals surface area (Å²) in [5.41, 5.74) is 0. The Morgan fingerprint density at radius 3 is 2.38 bits per heavy atom. The average Bonchev–Trinajstić information content (AvgIpc) is 2.14. The van der Waals surface area contributed by atoms with E-state index in [1.54, 1.807) is 0 Å². The summed E-state index contributed by atoms with van der Waals surface area (Å²) in [5.74, 6) is 0. The molecule has 0 aromatic carbocycles. The SMILES string of the molecule is CCC1SSC(C)S1. The highest BCUT2D eigenvalue weighted by Gasteiger charge is 2.21. The van der Waals surface area contributed by atoms with Crippen molar-refractivity contribution in [1.29, 1.82) is 0 Å². The van der Waals surface area contributed by atoms with Crippen molar-refractivity contribution in [3.63, 3.8) is 0 Å². The van der Waals surface area contributed by atoms with Crippen molar-refractivity contribution in [2.45, 2.75) is 29.4 Å². The van der Waals surface area contributed by atoms with Crippen molar-refractivity contribution in [2.75, 3.05) is 0 Å². The highest BCUT2D eigenvalue weighted by Crippen LogP contribution is 2.51. The zero-order valence-corrected chi connectivity index (χ0v) is 7.54. The van der Waals surface area contributed by atoms with Gasteiger partial charge in [0.15, 0.2) is 0 Å². The summed E-state index contributed by atoms with van der Waals surface area (Å²) in [6.45, 7) is 4.53. The van der Waals surface area contributed by atoms with Gasteiger partial charge in [-0.05, 0) is 13.3 Å². The van der Waals surface area contributed by atoms with E-state index in [2.05, 4.69) is 25.6 Å². The molecule has 0 aromatic rings. The summed E-state index contributed by atoms with van der Waals surface area (Å²) in [6, 6.07) is 0. The quantitative estimate of drug-likeness (QED) is 0.549. The van der Waals surface area contributed by atoms with Gasteiger partial charge >= 0.3 is 0 Å². The highest BCUT2D eigenvalue weighted by atomic mass is 33.1. The van der Waals surface area contributed by atoms with Crippen molar-refractivity contribution < 1.29 is 0 Å². The van der Waals surface area contributed by atoms with E-state index in [9.17, 15) is 0 Å². The van der Waals surface area contributed by atoms with Crippen LogP contribution in [0.4, 0.5) is 0 Å². The maximum atomic E-state index is 2.28. The standard InChI is InChI=1S/C5H10S3/c1-3-5-6-4(2)7-8-5/h4-5H,3H2,1-2H3. The second-order valence-electron chi connectivity index (χ2n) is 1.73. The molecule has 1 fully saturated rings. The van der Waals surface area contributed by atoms with Crippen LogP contribution in [0.3, 0.4) is 0 Å². The van der Waals surface area contributed by atoms with Gasteiger partial charge in [-0.1, -0.05) is 28.5 Å². The van der Waals surface area contributed by atoms with Gasteiger partial charge in [0, 0.05) is 0 Å². The van der Waals surface area contributed by atoms with Crippen LogP contribution in [0.5, 0.6) is 0 Å². The van der Waals surface area contributed by atoms with E-state index < -0.39 is 0 Å². The Balaban J connectivity index is 2.22. The first kappa shape index (κ1) is 7.16. The van der Waals surface area contributed by atoms with E-state index in [-0.39, 0.29) is 0 Å². The van der Waals surface area contributed by atoms with Crippen LogP contribution < -0.4 is 0 Å². The molecule has 1 rings (SSSR count). The molecule has 1 heterocycles. The summed E-state index contributed by atoms with van der Waals surface area (Å²) in [7, 11) is 4.04. The maximum absolute atomic E-state index is 2.28. The molecule has 1 saturated heterocycles. The van der Waals surface area contributed by atoms with E-state index >= 15 is 0 Å². The number of rotatable bonds is 1. The van der Waals surface area contributed by atoms with Crippen LogP contribution in [0.25, 0.3) is 0 Å². The third kappa shape index (κ3) is 1.78. The van der Waals surface area contributed by atoms with E-state index in [4.69, 9.17) is 0 Å². The topological polar surface area (TPSA) is 0 Å². The Labute approximate surface area is 63.0 Å². The normalized spacial score (nSPS) is 38.2. The lowest BCUT2D eigenvalue weighted by Gasteiger charge is -1.99. The fourth-order valence-electron chi connectivity index (χ4n) is 0.564. The minimum Gasteiger partial charge on any atom is -0.132 e. The first-order valence-corrected chi connectivity index (χ1v) is 6.02. The van der Waals surface area contributed by atoms with Gasteiger partial charge < -0.3 is 0 Å². The Bertz CT molecular complexity index is 74.1. The van der Waals surface area contributed by atoms with Crippen LogP contribution in [0.1, 0.15) is 20.3 Å². The van der Waals surface area contributed by atoms with Crippen LogP contribution in [0, 0.1) is 0 Å². The van der Waals surface area contributed by atoms with Crippen molar-refractivity contribution >= 4 is 33.3 Å². The molecule has 0 aromatic heterocycles. The smallest absolute Gasteiger partial charge is 0.0615 e. The summed E-state index contributed by atoms with van der Waals surface area (Å²) >= 11 is 2.09. The predicted octanol–water partition coefficient (Wildman–Crippen LogP) is 3.20. The summed E-state index contributed by atoms with van der Waals surface area (Å²) in [6.07, 6.45) is 1.31. The zero-order chi connectivity index (χ0) is 5.98. The lowest BCUT2D eigenvalue weighted by Crippen LogP contribution is -1.87. The highest BCUT2D eigenvalue weighted by molar-refractivity contribution is 8.82. The molecule has 1 aliphatic rings. The zero-order valence-electron chi connectivity index (χ0n) is 5.09. The molecule has 0 N–H and O–H groups in total. The van der Waals surface area contributed by atoms with Gasteiger partial charge in [0.2, 0.25) is 0 Å². The predicted molar refractivity (Wildman–Crippen MR) is 46.3 cm³/mol. The van der Waals surface area contributed by atoms with E-state index in [1.807, 2.05) is 21.6 Å². The molecule has 3 heteroatoms. The van der Waals surface area contributed by atoms with Gasteiger partial charge in [0.05, 0.1) is 9.16 Å². The number of thioether (sulfide) groups is 1. The summed E-state index contributed by atoms with van der Waals surface area (Å²) in [5, 5.41) is 0. The Morgan fingerprint density at radius 2 is 2.12 bits per heavy atom. The van der Waals surface area contributed by atoms with Crippen LogP contribution in [0.2, 0.25) is 0 Å². The molecule has 48 valence electrons. The van der Waals surface area contributed by atoms with Crippen LogP contribution in [-0.4, -0.2) is 9.16 Å². The Kier molecular flexibility index (Phi) is 2.93. The lowest BCUT2D eigenvalue weighted by atomic mass is 10.6. The van der Waals surface area contributed by atoms with Crippen LogP contribution in [0.15, 0.2) is 0 Å². The molecule has 2 atom stereocenters. The fraction of sp³-hybridized carbons (Fsp3) is 1.00. The van der Waals surface area contributed by atoms with Crippen LogP contribution >= 0.6 is 33.3 Å². The largest absolute Gasteiger partial charge is 0.132 e. The third-order valence-corrected chi connectivity index (χ3v) is 6.80. The molecule has 8 heavy (non-hydrogen) atoms. The molecule has 0 saturated carbocycles. The summed E-state index contributed by atoms with van der Waals surface area (Å²) in [4.78, 5) is 0. The minimum atomic E-state index is 0.824. The Hall–Kier alpha value is 1.05. The van der Waals surface area contributed by atoms with Gasteiger partial charge in [-0.2, -0.15) is 0 Å². The summed E-state index contributed by atoms with van der Waals surface area (Å²) < 4.78 is 1.69. The molecule has 0 bridgehead atoms. The number of hydrogen-bond acceptors (Lipinski definition) is 3. The van der Waals surface area contributed by atoms with Crippen molar-refractivity contribution in [2.24, 2.45) is 0 Å². The van der Waals surface area contributed by atoms with Gasteiger partial charge in [-0.3, -0.25) is 0 Å². The lowest BCUT2D eigenvalue weighted by molar-refractivity contribution is 1.06. The first-order valence-electron chi connectivity index (χ1n) is 2.80. The van der Waals surface area contributed by atoms with Gasteiger partial charge in [-0.15, -0.1) is 11.8 Å². The molecule has 0 radical (unpaired) electrons. The van der Waals surface area contributed by atoms with Crippen LogP contribution in [-0.2, 0) is 0 Å². The van der Waals surface area contributed by atoms with E-state index in [0.29, 0.717) is 0 Å². The molecule has 2 unspecified atom stereocenters. The first-order chi connectivity index (χ1) is 3.83. The van der Waals surface area contributed by atoms with Gasteiger partial charge in [-0.25, -0.2) is 0 Å². The third-order valence-electron chi connectivity index (χ3n) is 0.975. The second kappa shape index (κ2) is 3.28. The second-order valence-corrected chi connectivity index (χ2v) is 6.69. The monoisotopic (exact) mass is 166 g/mol. The molecule has 0 spiro atoms. The fourth-order valence-corrected chi connectivity index (χ4v) is 5.96. The van der Waals surface area contributed by atoms with E-state index in [1.165, 1.54) is 6.42 Å².